The number of likely N-dealkylation sites (tertiary alicyclic amines) is 1. The van der Waals surface area contributed by atoms with Crippen LogP contribution in [0.1, 0.15) is 76.5 Å². The largest absolute Gasteiger partial charge is 0.335 e. The molecule has 36 heavy (non-hydrogen) atoms. The lowest BCUT2D eigenvalue weighted by Gasteiger charge is -2.31. The fourth-order valence-electron chi connectivity index (χ4n) is 4.80. The van der Waals surface area contributed by atoms with Crippen molar-refractivity contribution in [2.24, 2.45) is 4.99 Å². The molecular weight excluding hydrogens is 453 g/mol. The van der Waals surface area contributed by atoms with E-state index in [2.05, 4.69) is 18.5 Å². The van der Waals surface area contributed by atoms with Gasteiger partial charge >= 0.3 is 0 Å². The van der Waals surface area contributed by atoms with Gasteiger partial charge in [-0.1, -0.05) is 58.4 Å². The fourth-order valence-corrected chi connectivity index (χ4v) is 4.80. The van der Waals surface area contributed by atoms with Crippen molar-refractivity contribution in [3.8, 4) is 0 Å². The highest BCUT2D eigenvalue weighted by atomic mass is 19.1. The third-order valence-corrected chi connectivity index (χ3v) is 6.94. The van der Waals surface area contributed by atoms with Crippen molar-refractivity contribution in [1.29, 1.82) is 0 Å². The smallest absolute Gasteiger partial charge is 0.272 e. The van der Waals surface area contributed by atoms with Gasteiger partial charge in [-0.15, -0.1) is 0 Å². The summed E-state index contributed by atoms with van der Waals surface area (Å²) in [5, 5.41) is 0. The number of carbonyl (C=O) groups is 2. The summed E-state index contributed by atoms with van der Waals surface area (Å²) in [6.45, 7) is 13.0. The average Bonchev–Trinajstić information content (AvgIpc) is 3.10. The molecule has 0 aromatic heterocycles. The molecule has 6 heteroatoms. The van der Waals surface area contributed by atoms with Crippen LogP contribution in [0, 0.1) is 5.82 Å². The molecule has 1 aromatic rings. The van der Waals surface area contributed by atoms with Crippen molar-refractivity contribution in [1.82, 2.24) is 9.80 Å². The zero-order valence-corrected chi connectivity index (χ0v) is 22.2. The zero-order valence-electron chi connectivity index (χ0n) is 22.2. The Morgan fingerprint density at radius 3 is 2.69 bits per heavy atom. The van der Waals surface area contributed by atoms with Crippen molar-refractivity contribution in [3.05, 3.63) is 71.0 Å². The summed E-state index contributed by atoms with van der Waals surface area (Å²) in [5.74, 6) is -0.0633. The third kappa shape index (κ3) is 5.75. The van der Waals surface area contributed by atoms with E-state index >= 15 is 4.39 Å². The highest BCUT2D eigenvalue weighted by Crippen LogP contribution is 2.30. The number of hydrogen-bond acceptors (Lipinski definition) is 4. The lowest BCUT2D eigenvalue weighted by atomic mass is 9.92. The van der Waals surface area contributed by atoms with Crippen LogP contribution in [0.4, 0.5) is 4.39 Å². The van der Waals surface area contributed by atoms with Gasteiger partial charge in [0.25, 0.3) is 5.91 Å². The Kier molecular flexibility index (Phi) is 9.19. The number of carbonyl (C=O) groups excluding carboxylic acids is 2. The molecule has 3 aliphatic rings. The number of allylic oxidation sites excluding steroid dienone is 4. The number of hydrogen-bond donors (Lipinski definition) is 0. The first-order valence-corrected chi connectivity index (χ1v) is 13.1. The minimum atomic E-state index is -0.430. The molecule has 1 aliphatic carbocycles. The van der Waals surface area contributed by atoms with Crippen molar-refractivity contribution in [3.63, 3.8) is 0 Å². The van der Waals surface area contributed by atoms with Crippen LogP contribution in [0.2, 0.25) is 0 Å². The normalized spacial score (nSPS) is 20.7. The molecule has 2 aliphatic heterocycles. The van der Waals surface area contributed by atoms with E-state index in [0.717, 1.165) is 44.3 Å². The second-order valence-electron chi connectivity index (χ2n) is 9.24. The van der Waals surface area contributed by atoms with Crippen LogP contribution in [0.5, 0.6) is 0 Å². The highest BCUT2D eigenvalue weighted by Gasteiger charge is 2.28. The number of halogens is 1. The maximum absolute atomic E-state index is 15.3. The van der Waals surface area contributed by atoms with Crippen LogP contribution in [-0.2, 0) is 16.0 Å². The Balaban J connectivity index is 0.00000176. The molecule has 1 atom stereocenters. The molecular formula is C30H38FN3O2. The maximum Gasteiger partial charge on any atom is 0.272 e. The molecule has 0 saturated carbocycles. The highest BCUT2D eigenvalue weighted by molar-refractivity contribution is 6.43. The van der Waals surface area contributed by atoms with Crippen LogP contribution in [-0.4, -0.2) is 46.8 Å². The molecule has 5 nitrogen and oxygen atoms in total. The van der Waals surface area contributed by atoms with Crippen molar-refractivity contribution < 1.29 is 14.0 Å². The standard InChI is InChI=1S/C28H32FN3O2.C2H6/c1-5-21-16-25(28(34)32-14-8-6-7-9-19(32)3)30-26(31(21)4)15-18(2)23-13-11-20-10-12-22(33)17-24(20)27(23)29;1-2/h10-13,15-16,19H,2,5-9,14,17H2,1,3-4H3;1-2H3/b26-15-;. The number of ketones is 1. The fraction of sp³-hybridized carbons (Fsp3) is 0.433. The second kappa shape index (κ2) is 12.1. The van der Waals surface area contributed by atoms with Crippen LogP contribution < -0.4 is 0 Å². The lowest BCUT2D eigenvalue weighted by Crippen LogP contribution is -2.43. The number of nitrogens with zero attached hydrogens (tertiary/aromatic N) is 3. The number of fused-ring (bicyclic) bond motifs is 1. The predicted octanol–water partition coefficient (Wildman–Crippen LogP) is 6.32. The zero-order chi connectivity index (χ0) is 26.4. The van der Waals surface area contributed by atoms with E-state index in [4.69, 9.17) is 0 Å². The van der Waals surface area contributed by atoms with Gasteiger partial charge in [0.15, 0.2) is 5.78 Å². The molecule has 0 radical (unpaired) electrons. The SMILES string of the molecule is C=C(/C=C1/N=C(C(=O)N2CCCCCC2C)C=C(CC)N1C)c1ccc2c(c1F)CC(=O)C=C2.CC. The molecule has 1 unspecified atom stereocenters. The van der Waals surface area contributed by atoms with Gasteiger partial charge in [-0.3, -0.25) is 9.59 Å². The Labute approximate surface area is 214 Å². The Morgan fingerprint density at radius 2 is 1.97 bits per heavy atom. The van der Waals surface area contributed by atoms with Gasteiger partial charge in [0.1, 0.15) is 17.3 Å². The van der Waals surface area contributed by atoms with Crippen molar-refractivity contribution >= 4 is 29.1 Å². The monoisotopic (exact) mass is 491 g/mol. The first kappa shape index (κ1) is 27.3. The van der Waals surface area contributed by atoms with Gasteiger partial charge in [0, 0.05) is 42.9 Å². The molecule has 192 valence electrons. The van der Waals surface area contributed by atoms with E-state index in [0.29, 0.717) is 33.8 Å². The molecule has 1 amide bonds. The minimum Gasteiger partial charge on any atom is -0.335 e. The molecule has 0 N–H and O–H groups in total. The van der Waals surface area contributed by atoms with Crippen LogP contribution >= 0.6 is 0 Å². The molecule has 1 fully saturated rings. The van der Waals surface area contributed by atoms with Crippen molar-refractivity contribution in [2.75, 3.05) is 13.6 Å². The minimum absolute atomic E-state index is 0.0444. The lowest BCUT2D eigenvalue weighted by molar-refractivity contribution is -0.125. The van der Waals surface area contributed by atoms with Gasteiger partial charge in [-0.25, -0.2) is 9.38 Å². The summed E-state index contributed by atoms with van der Waals surface area (Å²) in [6, 6.07) is 3.67. The maximum atomic E-state index is 15.3. The molecule has 2 heterocycles. The summed E-state index contributed by atoms with van der Waals surface area (Å²) in [4.78, 5) is 33.8. The quantitative estimate of drug-likeness (QED) is 0.495. The van der Waals surface area contributed by atoms with Crippen molar-refractivity contribution in [2.45, 2.75) is 72.3 Å². The molecule has 1 saturated heterocycles. The Bertz CT molecular complexity index is 1160. The number of aliphatic imine (C=N–C) groups is 1. The third-order valence-electron chi connectivity index (χ3n) is 6.94. The Hall–Kier alpha value is -3.28. The van der Waals surface area contributed by atoms with Gasteiger partial charge < -0.3 is 9.80 Å². The number of rotatable bonds is 4. The molecule has 0 spiro atoms. The van der Waals surface area contributed by atoms with E-state index < -0.39 is 5.82 Å². The van der Waals surface area contributed by atoms with E-state index in [9.17, 15) is 9.59 Å². The number of benzene rings is 1. The molecule has 4 rings (SSSR count). The second-order valence-corrected chi connectivity index (χ2v) is 9.24. The summed E-state index contributed by atoms with van der Waals surface area (Å²) in [6.07, 6.45) is 11.7. The van der Waals surface area contributed by atoms with E-state index in [-0.39, 0.29) is 24.2 Å². The average molecular weight is 492 g/mol. The first-order valence-electron chi connectivity index (χ1n) is 13.1. The summed E-state index contributed by atoms with van der Waals surface area (Å²) < 4.78 is 15.3. The summed E-state index contributed by atoms with van der Waals surface area (Å²) >= 11 is 0. The van der Waals surface area contributed by atoms with E-state index in [1.54, 1.807) is 24.3 Å². The van der Waals surface area contributed by atoms with Crippen LogP contribution in [0.15, 0.2) is 53.5 Å². The van der Waals surface area contributed by atoms with E-state index in [1.165, 1.54) is 6.08 Å². The predicted molar refractivity (Wildman–Crippen MR) is 146 cm³/mol. The summed E-state index contributed by atoms with van der Waals surface area (Å²) in [5.41, 5.74) is 3.25. The van der Waals surface area contributed by atoms with Gasteiger partial charge in [-0.2, -0.15) is 0 Å². The Morgan fingerprint density at radius 1 is 1.22 bits per heavy atom. The first-order chi connectivity index (χ1) is 17.3. The molecule has 0 bridgehead atoms. The van der Waals surface area contributed by atoms with Gasteiger partial charge in [-0.05, 0) is 55.6 Å². The van der Waals surface area contributed by atoms with Crippen LogP contribution in [0.25, 0.3) is 11.6 Å². The summed E-state index contributed by atoms with van der Waals surface area (Å²) in [7, 11) is 1.89. The number of amides is 1. The van der Waals surface area contributed by atoms with Crippen LogP contribution in [0.3, 0.4) is 0 Å². The van der Waals surface area contributed by atoms with Gasteiger partial charge in [0.05, 0.1) is 0 Å². The van der Waals surface area contributed by atoms with E-state index in [1.807, 2.05) is 43.7 Å². The van der Waals surface area contributed by atoms with Gasteiger partial charge in [0.2, 0.25) is 0 Å². The topological polar surface area (TPSA) is 53.0 Å². The molecule has 1 aromatic carbocycles.